The molecule has 3 rings (SSSR count). The molecule has 0 saturated carbocycles. The zero-order valence-corrected chi connectivity index (χ0v) is 13.6. The molecular weight excluding hydrogens is 312 g/mol. The molecule has 23 heavy (non-hydrogen) atoms. The summed E-state index contributed by atoms with van der Waals surface area (Å²) in [4.78, 5) is 13.8. The van der Waals surface area contributed by atoms with Gasteiger partial charge in [0.2, 0.25) is 15.9 Å². The number of rotatable bonds is 3. The highest BCUT2D eigenvalue weighted by atomic mass is 32.2. The van der Waals surface area contributed by atoms with E-state index < -0.39 is 16.2 Å². The molecule has 0 aromatic heterocycles. The summed E-state index contributed by atoms with van der Waals surface area (Å²) in [6.07, 6.45) is -0.598. The van der Waals surface area contributed by atoms with Gasteiger partial charge in [-0.1, -0.05) is 48.5 Å². The minimum atomic E-state index is -3.66. The van der Waals surface area contributed by atoms with Crippen LogP contribution in [0.15, 0.2) is 65.6 Å². The third-order valence-corrected chi connectivity index (χ3v) is 5.85. The number of benzene rings is 2. The van der Waals surface area contributed by atoms with E-state index in [-0.39, 0.29) is 17.3 Å². The number of hydrogen-bond acceptors (Lipinski definition) is 3. The fourth-order valence-electron chi connectivity index (χ4n) is 2.89. The van der Waals surface area contributed by atoms with Gasteiger partial charge in [0.25, 0.3) is 0 Å². The number of carbonyl (C=O) groups is 1. The number of nitrogens with zero attached hydrogens (tertiary/aromatic N) is 2. The zero-order chi connectivity index (χ0) is 16.4. The van der Waals surface area contributed by atoms with Crippen LogP contribution in [-0.2, 0) is 14.8 Å². The number of carbonyl (C=O) groups excluding carboxylic acids is 1. The molecule has 6 heteroatoms. The van der Waals surface area contributed by atoms with Gasteiger partial charge in [0.05, 0.1) is 4.90 Å². The standard InChI is InChI=1S/C17H18N2O3S/c1-14(20)18-12-13-19(17(18)15-8-4-2-5-9-15)23(21,22)16-10-6-3-7-11-16/h2-11,17H,12-13H2,1H3/t17-/m1/s1. The van der Waals surface area contributed by atoms with Crippen molar-refractivity contribution in [2.24, 2.45) is 0 Å². The fourth-order valence-corrected chi connectivity index (χ4v) is 4.48. The van der Waals surface area contributed by atoms with E-state index in [1.54, 1.807) is 35.2 Å². The first-order valence-corrected chi connectivity index (χ1v) is 8.85. The predicted molar refractivity (Wildman–Crippen MR) is 86.9 cm³/mol. The molecule has 0 bridgehead atoms. The summed E-state index contributed by atoms with van der Waals surface area (Å²) in [7, 11) is -3.66. The number of amides is 1. The average molecular weight is 330 g/mol. The molecule has 2 aromatic carbocycles. The van der Waals surface area contributed by atoms with Crippen LogP contribution in [0.1, 0.15) is 18.7 Å². The van der Waals surface area contributed by atoms with Crippen molar-refractivity contribution in [2.75, 3.05) is 13.1 Å². The Kier molecular flexibility index (Phi) is 4.19. The lowest BCUT2D eigenvalue weighted by Crippen LogP contribution is -2.37. The van der Waals surface area contributed by atoms with Gasteiger partial charge in [-0.25, -0.2) is 8.42 Å². The second kappa shape index (κ2) is 6.14. The normalized spacial score (nSPS) is 19.0. The van der Waals surface area contributed by atoms with E-state index in [9.17, 15) is 13.2 Å². The van der Waals surface area contributed by atoms with E-state index in [2.05, 4.69) is 0 Å². The molecule has 0 spiro atoms. The highest BCUT2D eigenvalue weighted by Gasteiger charge is 2.42. The largest absolute Gasteiger partial charge is 0.321 e. The van der Waals surface area contributed by atoms with Crippen molar-refractivity contribution in [2.45, 2.75) is 18.0 Å². The minimum Gasteiger partial charge on any atom is -0.321 e. The highest BCUT2D eigenvalue weighted by Crippen LogP contribution is 2.34. The van der Waals surface area contributed by atoms with Crippen molar-refractivity contribution in [3.8, 4) is 0 Å². The molecule has 1 amide bonds. The first-order chi connectivity index (χ1) is 11.0. The minimum absolute atomic E-state index is 0.135. The Balaban J connectivity index is 2.06. The third kappa shape index (κ3) is 2.87. The second-order valence-corrected chi connectivity index (χ2v) is 7.32. The lowest BCUT2D eigenvalue weighted by atomic mass is 10.1. The van der Waals surface area contributed by atoms with E-state index in [1.807, 2.05) is 30.3 Å². The predicted octanol–water partition coefficient (Wildman–Crippen LogP) is 2.24. The quantitative estimate of drug-likeness (QED) is 0.867. The van der Waals surface area contributed by atoms with Gasteiger partial charge in [-0.3, -0.25) is 4.79 Å². The molecule has 0 N–H and O–H groups in total. The van der Waals surface area contributed by atoms with Gasteiger partial charge in [0.1, 0.15) is 6.17 Å². The fraction of sp³-hybridized carbons (Fsp3) is 0.235. The SMILES string of the molecule is CC(=O)N1CCN(S(=O)(=O)c2ccccc2)[C@@H]1c1ccccc1. The summed E-state index contributed by atoms with van der Waals surface area (Å²) in [5.41, 5.74) is 0.791. The van der Waals surface area contributed by atoms with Gasteiger partial charge < -0.3 is 4.90 Å². The van der Waals surface area contributed by atoms with E-state index in [0.717, 1.165) is 5.56 Å². The van der Waals surface area contributed by atoms with Gasteiger partial charge in [-0.15, -0.1) is 0 Å². The summed E-state index contributed by atoms with van der Waals surface area (Å²) in [6, 6.07) is 17.6. The first kappa shape index (κ1) is 15.7. The van der Waals surface area contributed by atoms with E-state index in [4.69, 9.17) is 0 Å². The Morgan fingerprint density at radius 1 is 0.957 bits per heavy atom. The van der Waals surface area contributed by atoms with Gasteiger partial charge in [-0.2, -0.15) is 4.31 Å². The van der Waals surface area contributed by atoms with Crippen LogP contribution in [0.4, 0.5) is 0 Å². The summed E-state index contributed by atoms with van der Waals surface area (Å²) in [5, 5.41) is 0. The van der Waals surface area contributed by atoms with Crippen molar-refractivity contribution in [1.82, 2.24) is 9.21 Å². The monoisotopic (exact) mass is 330 g/mol. The van der Waals surface area contributed by atoms with Crippen LogP contribution < -0.4 is 0 Å². The molecule has 0 unspecified atom stereocenters. The van der Waals surface area contributed by atoms with Crippen molar-refractivity contribution < 1.29 is 13.2 Å². The second-order valence-electron chi connectivity index (χ2n) is 5.43. The Hall–Kier alpha value is -2.18. The maximum Gasteiger partial charge on any atom is 0.245 e. The van der Waals surface area contributed by atoms with E-state index >= 15 is 0 Å². The van der Waals surface area contributed by atoms with Gasteiger partial charge in [-0.05, 0) is 17.7 Å². The van der Waals surface area contributed by atoms with Crippen LogP contribution in [0, 0.1) is 0 Å². The van der Waals surface area contributed by atoms with E-state index in [1.165, 1.54) is 11.2 Å². The third-order valence-electron chi connectivity index (χ3n) is 3.98. The highest BCUT2D eigenvalue weighted by molar-refractivity contribution is 7.89. The van der Waals surface area contributed by atoms with Crippen LogP contribution in [0.25, 0.3) is 0 Å². The molecule has 120 valence electrons. The molecule has 1 heterocycles. The van der Waals surface area contributed by atoms with Crippen LogP contribution in [0.3, 0.4) is 0 Å². The molecule has 1 aliphatic heterocycles. The van der Waals surface area contributed by atoms with Crippen molar-refractivity contribution in [3.63, 3.8) is 0 Å². The Bertz CT molecular complexity index is 791. The van der Waals surface area contributed by atoms with Crippen LogP contribution in [-0.4, -0.2) is 36.6 Å². The first-order valence-electron chi connectivity index (χ1n) is 7.41. The smallest absolute Gasteiger partial charge is 0.245 e. The van der Waals surface area contributed by atoms with Gasteiger partial charge in [0.15, 0.2) is 0 Å². The molecule has 1 fully saturated rings. The van der Waals surface area contributed by atoms with Gasteiger partial charge >= 0.3 is 0 Å². The van der Waals surface area contributed by atoms with Crippen LogP contribution >= 0.6 is 0 Å². The van der Waals surface area contributed by atoms with E-state index in [0.29, 0.717) is 6.54 Å². The van der Waals surface area contributed by atoms with Crippen molar-refractivity contribution in [3.05, 3.63) is 66.2 Å². The molecule has 1 atom stereocenters. The number of sulfonamides is 1. The molecule has 5 nitrogen and oxygen atoms in total. The number of hydrogen-bond donors (Lipinski definition) is 0. The molecule has 0 radical (unpaired) electrons. The molecule has 1 saturated heterocycles. The topological polar surface area (TPSA) is 57.7 Å². The Morgan fingerprint density at radius 3 is 2.09 bits per heavy atom. The molecule has 0 aliphatic carbocycles. The van der Waals surface area contributed by atoms with Gasteiger partial charge in [0, 0.05) is 20.0 Å². The van der Waals surface area contributed by atoms with Crippen LogP contribution in [0.5, 0.6) is 0 Å². The van der Waals surface area contributed by atoms with Crippen molar-refractivity contribution >= 4 is 15.9 Å². The maximum atomic E-state index is 13.0. The Labute approximate surface area is 136 Å². The van der Waals surface area contributed by atoms with Crippen molar-refractivity contribution in [1.29, 1.82) is 0 Å². The summed E-state index contributed by atoms with van der Waals surface area (Å²) >= 11 is 0. The summed E-state index contributed by atoms with van der Waals surface area (Å²) in [6.45, 7) is 2.14. The summed E-state index contributed by atoms with van der Waals surface area (Å²) < 4.78 is 27.4. The van der Waals surface area contributed by atoms with Crippen LogP contribution in [0.2, 0.25) is 0 Å². The average Bonchev–Trinajstić information content (AvgIpc) is 3.02. The zero-order valence-electron chi connectivity index (χ0n) is 12.8. The molecule has 2 aromatic rings. The maximum absolute atomic E-state index is 13.0. The molecular formula is C17H18N2O3S. The molecule has 1 aliphatic rings. The lowest BCUT2D eigenvalue weighted by molar-refractivity contribution is -0.130. The summed E-state index contributed by atoms with van der Waals surface area (Å²) in [5.74, 6) is -0.135. The Morgan fingerprint density at radius 2 is 1.52 bits per heavy atom. The lowest BCUT2D eigenvalue weighted by Gasteiger charge is -2.29.